The highest BCUT2D eigenvalue weighted by Crippen LogP contribution is 1.95. The van der Waals surface area contributed by atoms with Crippen LogP contribution < -0.4 is 21.2 Å². The molecule has 0 spiro atoms. The van der Waals surface area contributed by atoms with Crippen molar-refractivity contribution in [1.29, 1.82) is 0 Å². The summed E-state index contributed by atoms with van der Waals surface area (Å²) in [5.74, 6) is 0. The first-order valence-electron chi connectivity index (χ1n) is 2.81. The lowest BCUT2D eigenvalue weighted by Crippen LogP contribution is -2.24. The van der Waals surface area contributed by atoms with Crippen molar-refractivity contribution in [3.05, 3.63) is 12.1 Å². The lowest BCUT2D eigenvalue weighted by Gasteiger charge is -2.03. The third-order valence-corrected chi connectivity index (χ3v) is 3.96. The molecule has 0 saturated carbocycles. The number of hydrogen-bond acceptors (Lipinski definition) is 0. The molecule has 10 heavy (non-hydrogen) atoms. The third-order valence-electron chi connectivity index (χ3n) is 1.29. The van der Waals surface area contributed by atoms with Crippen molar-refractivity contribution in [3.63, 3.8) is 0 Å². The van der Waals surface area contributed by atoms with E-state index in [4.69, 9.17) is 0 Å². The topological polar surface area (TPSA) is 0 Å². The highest BCUT2D eigenvalue weighted by molar-refractivity contribution is 7.38. The van der Waals surface area contributed by atoms with E-state index in [1.807, 2.05) is 0 Å². The van der Waals surface area contributed by atoms with Crippen LogP contribution in [-0.4, -0.2) is 0 Å². The molecular weight excluding hydrogens is 196 g/mol. The Kier molecular flexibility index (Phi) is 3.21. The molecule has 0 N–H and O–H groups in total. The maximum absolute atomic E-state index is 2.70. The molecule has 0 saturated heterocycles. The fourth-order valence-corrected chi connectivity index (χ4v) is 2.10. The Morgan fingerprint density at radius 2 is 0.800 bits per heavy atom. The normalized spacial score (nSPS) is 10.0. The highest BCUT2D eigenvalue weighted by Gasteiger charge is 1.95. The van der Waals surface area contributed by atoms with Gasteiger partial charge in [0, 0.05) is 0 Å². The van der Waals surface area contributed by atoms with E-state index in [0.717, 1.165) is 0 Å². The molecule has 0 heterocycles. The Hall–Kier alpha value is 0.940. The first-order chi connectivity index (χ1) is 4.61. The predicted octanol–water partition coefficient (Wildman–Crippen LogP) is -0.312. The van der Waals surface area contributed by atoms with Crippen LogP contribution in [0.1, 0.15) is 0 Å². The molecular formula is C6H10P4. The fraction of sp³-hybridized carbons (Fsp3) is 0. The number of rotatable bonds is 0. The third kappa shape index (κ3) is 1.96. The van der Waals surface area contributed by atoms with Gasteiger partial charge in [0.15, 0.2) is 0 Å². The van der Waals surface area contributed by atoms with E-state index in [0.29, 0.717) is 0 Å². The van der Waals surface area contributed by atoms with Crippen molar-refractivity contribution in [3.8, 4) is 0 Å². The van der Waals surface area contributed by atoms with Crippen LogP contribution in [0.5, 0.6) is 0 Å². The van der Waals surface area contributed by atoms with Crippen LogP contribution in [0.3, 0.4) is 0 Å². The van der Waals surface area contributed by atoms with Crippen LogP contribution in [0.25, 0.3) is 0 Å². The number of hydrogen-bond donors (Lipinski definition) is 0. The average Bonchev–Trinajstić information content (AvgIpc) is 1.84. The average molecular weight is 206 g/mol. The van der Waals surface area contributed by atoms with Gasteiger partial charge in [0.2, 0.25) is 0 Å². The van der Waals surface area contributed by atoms with Crippen LogP contribution in [0.15, 0.2) is 12.1 Å². The van der Waals surface area contributed by atoms with Crippen molar-refractivity contribution in [2.24, 2.45) is 0 Å². The van der Waals surface area contributed by atoms with Gasteiger partial charge in [0.1, 0.15) is 0 Å². The van der Waals surface area contributed by atoms with Crippen LogP contribution in [0, 0.1) is 0 Å². The van der Waals surface area contributed by atoms with E-state index in [1.165, 1.54) is 21.2 Å². The monoisotopic (exact) mass is 206 g/mol. The zero-order chi connectivity index (χ0) is 7.72. The van der Waals surface area contributed by atoms with Crippen molar-refractivity contribution in [1.82, 2.24) is 0 Å². The molecule has 0 aliphatic rings. The molecule has 4 heteroatoms. The quantitative estimate of drug-likeness (QED) is 0.511. The Morgan fingerprint density at radius 1 is 0.600 bits per heavy atom. The Labute approximate surface area is 70.8 Å². The smallest absolute Gasteiger partial charge is 0.0225 e. The summed E-state index contributed by atoms with van der Waals surface area (Å²) in [4.78, 5) is 0. The Bertz CT molecular complexity index is 206. The summed E-state index contributed by atoms with van der Waals surface area (Å²) >= 11 is 0. The lowest BCUT2D eigenvalue weighted by molar-refractivity contribution is 2.02. The molecule has 0 aromatic heterocycles. The summed E-state index contributed by atoms with van der Waals surface area (Å²) in [6.45, 7) is 0. The molecule has 1 aromatic rings. The predicted molar refractivity (Wildman–Crippen MR) is 63.8 cm³/mol. The molecule has 0 amide bonds. The van der Waals surface area contributed by atoms with Crippen LogP contribution in [-0.2, 0) is 0 Å². The molecule has 4 unspecified atom stereocenters. The fourth-order valence-electron chi connectivity index (χ4n) is 0.668. The van der Waals surface area contributed by atoms with Crippen LogP contribution >= 0.6 is 37.0 Å². The van der Waals surface area contributed by atoms with Crippen LogP contribution in [0.4, 0.5) is 0 Å². The van der Waals surface area contributed by atoms with Crippen molar-refractivity contribution in [2.45, 2.75) is 0 Å². The second-order valence-electron chi connectivity index (χ2n) is 2.11. The largest absolute Gasteiger partial charge is 0.105 e. The Morgan fingerprint density at radius 3 is 1.00 bits per heavy atom. The molecule has 4 atom stereocenters. The van der Waals surface area contributed by atoms with E-state index < -0.39 is 0 Å². The van der Waals surface area contributed by atoms with E-state index >= 15 is 0 Å². The van der Waals surface area contributed by atoms with Gasteiger partial charge in [-0.1, -0.05) is 0 Å². The molecule has 0 fully saturated rings. The maximum atomic E-state index is 2.70. The minimum absolute atomic E-state index is 1.24. The zero-order valence-electron chi connectivity index (χ0n) is 5.46. The first-order valence-corrected chi connectivity index (χ1v) is 5.12. The summed E-state index contributed by atoms with van der Waals surface area (Å²) < 4.78 is 0. The van der Waals surface area contributed by atoms with Gasteiger partial charge in [-0.15, -0.1) is 37.0 Å². The summed E-state index contributed by atoms with van der Waals surface area (Å²) in [7, 11) is 10.8. The van der Waals surface area contributed by atoms with Gasteiger partial charge in [0.25, 0.3) is 0 Å². The van der Waals surface area contributed by atoms with Gasteiger partial charge < -0.3 is 0 Å². The summed E-state index contributed by atoms with van der Waals surface area (Å²) in [5, 5.41) is 4.95. The maximum Gasteiger partial charge on any atom is -0.0225 e. The van der Waals surface area contributed by atoms with Gasteiger partial charge >= 0.3 is 0 Å². The standard InChI is InChI=1S/C6H10P4/c7-3-1-4(8)6(10)2-5(3)9/h1-2H,7-10H2. The summed E-state index contributed by atoms with van der Waals surface area (Å²) in [6, 6.07) is 4.25. The molecule has 0 aliphatic carbocycles. The van der Waals surface area contributed by atoms with Gasteiger partial charge in [-0.05, 0) is 33.4 Å². The van der Waals surface area contributed by atoms with Gasteiger partial charge in [-0.25, -0.2) is 0 Å². The molecule has 54 valence electrons. The number of benzene rings is 1. The molecule has 0 bridgehead atoms. The first kappa shape index (κ1) is 9.03. The molecule has 1 rings (SSSR count). The van der Waals surface area contributed by atoms with E-state index in [-0.39, 0.29) is 0 Å². The minimum atomic E-state index is 1.24. The van der Waals surface area contributed by atoms with E-state index in [1.54, 1.807) is 0 Å². The molecule has 0 nitrogen and oxygen atoms in total. The summed E-state index contributed by atoms with van der Waals surface area (Å²) in [5.41, 5.74) is 0. The molecule has 1 aromatic carbocycles. The van der Waals surface area contributed by atoms with Crippen molar-refractivity contribution < 1.29 is 0 Å². The second-order valence-corrected chi connectivity index (χ2v) is 4.60. The van der Waals surface area contributed by atoms with E-state index in [2.05, 4.69) is 49.1 Å². The van der Waals surface area contributed by atoms with Crippen molar-refractivity contribution in [2.75, 3.05) is 0 Å². The molecule has 0 radical (unpaired) electrons. The minimum Gasteiger partial charge on any atom is -0.105 e. The van der Waals surface area contributed by atoms with Gasteiger partial charge in [-0.2, -0.15) is 0 Å². The lowest BCUT2D eigenvalue weighted by atomic mass is 10.3. The van der Waals surface area contributed by atoms with Gasteiger partial charge in [0.05, 0.1) is 0 Å². The van der Waals surface area contributed by atoms with Gasteiger partial charge in [-0.3, -0.25) is 0 Å². The zero-order valence-corrected chi connectivity index (χ0v) is 10.1. The van der Waals surface area contributed by atoms with Crippen molar-refractivity contribution >= 4 is 58.2 Å². The van der Waals surface area contributed by atoms with E-state index in [9.17, 15) is 0 Å². The SMILES string of the molecule is Pc1cc(P)c(P)cc1P. The van der Waals surface area contributed by atoms with Crippen LogP contribution in [0.2, 0.25) is 0 Å². The summed E-state index contributed by atoms with van der Waals surface area (Å²) in [6.07, 6.45) is 0. The Balaban J connectivity index is 3.28. The highest BCUT2D eigenvalue weighted by atomic mass is 31.0. The molecule has 0 aliphatic heterocycles. The second kappa shape index (κ2) is 3.56.